The molecular formula is C9H19FN2. The lowest BCUT2D eigenvalue weighted by Gasteiger charge is -2.31. The third-order valence-corrected chi connectivity index (χ3v) is 2.60. The molecule has 3 heteroatoms. The summed E-state index contributed by atoms with van der Waals surface area (Å²) < 4.78 is 11.9. The summed E-state index contributed by atoms with van der Waals surface area (Å²) in [6, 6.07) is 0.687. The average Bonchev–Trinajstić information content (AvgIpc) is 2.15. The Hall–Kier alpha value is -0.150. The number of nitrogens with zero attached hydrogens (tertiary/aromatic N) is 1. The Bertz CT molecular complexity index is 111. The van der Waals surface area contributed by atoms with Crippen molar-refractivity contribution in [3.05, 3.63) is 0 Å². The minimum absolute atomic E-state index is 0.175. The van der Waals surface area contributed by atoms with Crippen molar-refractivity contribution in [2.75, 3.05) is 33.4 Å². The van der Waals surface area contributed by atoms with Crippen molar-refractivity contribution in [2.45, 2.75) is 25.3 Å². The summed E-state index contributed by atoms with van der Waals surface area (Å²) in [6.45, 7) is 3.02. The number of piperidine rings is 1. The van der Waals surface area contributed by atoms with E-state index in [9.17, 15) is 4.39 Å². The lowest BCUT2D eigenvalue weighted by Crippen LogP contribution is -2.41. The van der Waals surface area contributed by atoms with Gasteiger partial charge in [-0.15, -0.1) is 0 Å². The normalized spacial score (nSPS) is 21.5. The molecule has 1 N–H and O–H groups in total. The number of alkyl halides is 1. The predicted molar refractivity (Wildman–Crippen MR) is 49.1 cm³/mol. The van der Waals surface area contributed by atoms with E-state index < -0.39 is 0 Å². The molecule has 0 saturated carbocycles. The topological polar surface area (TPSA) is 15.3 Å². The molecular weight excluding hydrogens is 155 g/mol. The molecule has 1 saturated heterocycles. The highest BCUT2D eigenvalue weighted by molar-refractivity contribution is 4.75. The second-order valence-corrected chi connectivity index (χ2v) is 3.45. The van der Waals surface area contributed by atoms with Crippen LogP contribution in [0.2, 0.25) is 0 Å². The number of halogens is 1. The van der Waals surface area contributed by atoms with E-state index in [0.29, 0.717) is 12.5 Å². The molecule has 1 aliphatic rings. The van der Waals surface area contributed by atoms with Crippen LogP contribution in [-0.2, 0) is 0 Å². The number of likely N-dealkylation sites (tertiary alicyclic amines) is 1. The number of nitrogens with one attached hydrogen (secondary N) is 1. The SMILES string of the molecule is CNC1CCN(CCCF)CC1. The van der Waals surface area contributed by atoms with Crippen molar-refractivity contribution in [1.29, 1.82) is 0 Å². The minimum Gasteiger partial charge on any atom is -0.317 e. The average molecular weight is 174 g/mol. The molecule has 0 atom stereocenters. The van der Waals surface area contributed by atoms with Crippen LogP contribution in [0.3, 0.4) is 0 Å². The largest absolute Gasteiger partial charge is 0.317 e. The smallest absolute Gasteiger partial charge is 0.0906 e. The van der Waals surface area contributed by atoms with Gasteiger partial charge >= 0.3 is 0 Å². The van der Waals surface area contributed by atoms with Crippen LogP contribution in [0.1, 0.15) is 19.3 Å². The van der Waals surface area contributed by atoms with E-state index in [4.69, 9.17) is 0 Å². The monoisotopic (exact) mass is 174 g/mol. The molecule has 0 aliphatic carbocycles. The lowest BCUT2D eigenvalue weighted by atomic mass is 10.1. The zero-order valence-electron chi connectivity index (χ0n) is 7.85. The minimum atomic E-state index is -0.175. The van der Waals surface area contributed by atoms with E-state index in [2.05, 4.69) is 10.2 Å². The Balaban J connectivity index is 2.09. The van der Waals surface area contributed by atoms with Crippen molar-refractivity contribution in [2.24, 2.45) is 0 Å². The molecule has 0 aromatic carbocycles. The zero-order chi connectivity index (χ0) is 8.81. The summed E-state index contributed by atoms with van der Waals surface area (Å²) in [6.07, 6.45) is 3.12. The Kier molecular flexibility index (Phi) is 4.54. The van der Waals surface area contributed by atoms with E-state index in [1.165, 1.54) is 12.8 Å². The number of rotatable bonds is 4. The van der Waals surface area contributed by atoms with E-state index in [1.807, 2.05) is 7.05 Å². The van der Waals surface area contributed by atoms with E-state index in [-0.39, 0.29) is 6.67 Å². The van der Waals surface area contributed by atoms with Gasteiger partial charge in [0.1, 0.15) is 0 Å². The van der Waals surface area contributed by atoms with Gasteiger partial charge in [0.2, 0.25) is 0 Å². The van der Waals surface area contributed by atoms with Gasteiger partial charge in [0.15, 0.2) is 0 Å². The Labute approximate surface area is 74.1 Å². The van der Waals surface area contributed by atoms with Gasteiger partial charge in [0.05, 0.1) is 6.67 Å². The lowest BCUT2D eigenvalue weighted by molar-refractivity contribution is 0.194. The molecule has 0 unspecified atom stereocenters. The molecule has 1 rings (SSSR count). The fourth-order valence-electron chi connectivity index (χ4n) is 1.73. The molecule has 0 bridgehead atoms. The zero-order valence-corrected chi connectivity index (χ0v) is 7.85. The van der Waals surface area contributed by atoms with Gasteiger partial charge in [-0.2, -0.15) is 0 Å². The second-order valence-electron chi connectivity index (χ2n) is 3.45. The highest BCUT2D eigenvalue weighted by atomic mass is 19.1. The van der Waals surface area contributed by atoms with Gasteiger partial charge in [-0.1, -0.05) is 0 Å². The van der Waals surface area contributed by atoms with Gasteiger partial charge in [0, 0.05) is 12.6 Å². The van der Waals surface area contributed by atoms with Crippen LogP contribution in [0, 0.1) is 0 Å². The Morgan fingerprint density at radius 3 is 2.58 bits per heavy atom. The van der Waals surface area contributed by atoms with Crippen LogP contribution in [0.15, 0.2) is 0 Å². The van der Waals surface area contributed by atoms with Gasteiger partial charge < -0.3 is 10.2 Å². The Morgan fingerprint density at radius 2 is 2.08 bits per heavy atom. The van der Waals surface area contributed by atoms with Crippen LogP contribution >= 0.6 is 0 Å². The first kappa shape index (κ1) is 9.93. The third kappa shape index (κ3) is 3.07. The third-order valence-electron chi connectivity index (χ3n) is 2.60. The molecule has 0 radical (unpaired) electrons. The first-order valence-corrected chi connectivity index (χ1v) is 4.82. The van der Waals surface area contributed by atoms with Crippen LogP contribution in [0.4, 0.5) is 4.39 Å². The molecule has 2 nitrogen and oxygen atoms in total. The summed E-state index contributed by atoms with van der Waals surface area (Å²) in [5.41, 5.74) is 0. The summed E-state index contributed by atoms with van der Waals surface area (Å²) in [5, 5.41) is 3.28. The number of hydrogen-bond donors (Lipinski definition) is 1. The van der Waals surface area contributed by atoms with Crippen molar-refractivity contribution in [1.82, 2.24) is 10.2 Å². The van der Waals surface area contributed by atoms with Crippen molar-refractivity contribution < 1.29 is 4.39 Å². The van der Waals surface area contributed by atoms with Crippen LogP contribution < -0.4 is 5.32 Å². The molecule has 1 heterocycles. The fraction of sp³-hybridized carbons (Fsp3) is 1.00. The molecule has 1 fully saturated rings. The standard InChI is InChI=1S/C9H19FN2/c1-11-9-3-7-12(8-4-9)6-2-5-10/h9,11H,2-8H2,1H3. The molecule has 0 spiro atoms. The van der Waals surface area contributed by atoms with Crippen LogP contribution in [-0.4, -0.2) is 44.3 Å². The first-order valence-electron chi connectivity index (χ1n) is 4.82. The van der Waals surface area contributed by atoms with Crippen molar-refractivity contribution in [3.8, 4) is 0 Å². The van der Waals surface area contributed by atoms with Gasteiger partial charge in [0.25, 0.3) is 0 Å². The molecule has 0 amide bonds. The van der Waals surface area contributed by atoms with Crippen molar-refractivity contribution >= 4 is 0 Å². The summed E-state index contributed by atoms with van der Waals surface area (Å²) in [4.78, 5) is 2.35. The van der Waals surface area contributed by atoms with Crippen molar-refractivity contribution in [3.63, 3.8) is 0 Å². The molecule has 12 heavy (non-hydrogen) atoms. The summed E-state index contributed by atoms with van der Waals surface area (Å²) in [7, 11) is 2.02. The molecule has 0 aromatic heterocycles. The van der Waals surface area contributed by atoms with E-state index >= 15 is 0 Å². The molecule has 0 aromatic rings. The quantitative estimate of drug-likeness (QED) is 0.685. The van der Waals surface area contributed by atoms with Gasteiger partial charge in [-0.3, -0.25) is 4.39 Å². The summed E-state index contributed by atoms with van der Waals surface area (Å²) in [5.74, 6) is 0. The van der Waals surface area contributed by atoms with Gasteiger partial charge in [-0.25, -0.2) is 0 Å². The molecule has 72 valence electrons. The highest BCUT2D eigenvalue weighted by Gasteiger charge is 2.16. The van der Waals surface area contributed by atoms with Crippen LogP contribution in [0.25, 0.3) is 0 Å². The second kappa shape index (κ2) is 5.49. The Morgan fingerprint density at radius 1 is 1.42 bits per heavy atom. The molecule has 1 aliphatic heterocycles. The predicted octanol–water partition coefficient (Wildman–Crippen LogP) is 1.03. The maximum atomic E-state index is 11.9. The summed E-state index contributed by atoms with van der Waals surface area (Å²) >= 11 is 0. The first-order chi connectivity index (χ1) is 5.86. The van der Waals surface area contributed by atoms with E-state index in [1.54, 1.807) is 0 Å². The fourth-order valence-corrected chi connectivity index (χ4v) is 1.73. The number of hydrogen-bond acceptors (Lipinski definition) is 2. The van der Waals surface area contributed by atoms with Crippen LogP contribution in [0.5, 0.6) is 0 Å². The maximum absolute atomic E-state index is 11.9. The maximum Gasteiger partial charge on any atom is 0.0906 e. The van der Waals surface area contributed by atoms with Gasteiger partial charge in [-0.05, 0) is 39.4 Å². The van der Waals surface area contributed by atoms with E-state index in [0.717, 1.165) is 19.6 Å². The highest BCUT2D eigenvalue weighted by Crippen LogP contribution is 2.09.